The molecule has 1 heteroatoms. The van der Waals surface area contributed by atoms with Gasteiger partial charge in [-0.25, -0.2) is 0 Å². The Morgan fingerprint density at radius 3 is 2.68 bits per heavy atom. The second-order valence-electron chi connectivity index (χ2n) is 5.33. The first-order chi connectivity index (χ1) is 9.34. The number of hydrogen-bond acceptors (Lipinski definition) is 1. The summed E-state index contributed by atoms with van der Waals surface area (Å²) >= 11 is 0. The summed E-state index contributed by atoms with van der Waals surface area (Å²) in [5, 5.41) is 5.20. The van der Waals surface area contributed by atoms with Gasteiger partial charge in [-0.05, 0) is 34.1 Å². The van der Waals surface area contributed by atoms with E-state index in [0.717, 1.165) is 6.42 Å². The molecule has 0 spiro atoms. The largest absolute Gasteiger partial charge is 0.260 e. The molecule has 19 heavy (non-hydrogen) atoms. The Balaban J connectivity index is 2.17. The van der Waals surface area contributed by atoms with E-state index in [4.69, 9.17) is 0 Å². The molecule has 3 aromatic rings. The lowest BCUT2D eigenvalue weighted by Crippen LogP contribution is -2.00. The highest BCUT2D eigenvalue weighted by Gasteiger charge is 2.16. The molecule has 3 aromatic carbocycles. The van der Waals surface area contributed by atoms with Crippen molar-refractivity contribution in [2.75, 3.05) is 0 Å². The maximum absolute atomic E-state index is 4.65. The zero-order valence-corrected chi connectivity index (χ0v) is 10.9. The average molecular weight is 245 g/mol. The lowest BCUT2D eigenvalue weighted by Gasteiger charge is -2.19. The molecule has 0 fully saturated rings. The lowest BCUT2D eigenvalue weighted by molar-refractivity contribution is 0.804. The lowest BCUT2D eigenvalue weighted by atomic mass is 9.90. The Morgan fingerprint density at radius 2 is 1.74 bits per heavy atom. The SMILES string of the molecule is CC1CC=Nc2c1ccc1c2ccc2ccccc21. The van der Waals surface area contributed by atoms with Crippen LogP contribution in [0.25, 0.3) is 21.5 Å². The van der Waals surface area contributed by atoms with Crippen molar-refractivity contribution >= 4 is 33.4 Å². The molecular weight excluding hydrogens is 230 g/mol. The molecule has 4 rings (SSSR count). The van der Waals surface area contributed by atoms with Crippen LogP contribution in [-0.4, -0.2) is 6.21 Å². The van der Waals surface area contributed by atoms with Crippen molar-refractivity contribution in [2.24, 2.45) is 4.99 Å². The van der Waals surface area contributed by atoms with Gasteiger partial charge < -0.3 is 0 Å². The minimum absolute atomic E-state index is 0.573. The van der Waals surface area contributed by atoms with Gasteiger partial charge in [0.05, 0.1) is 5.69 Å². The molecule has 1 unspecified atom stereocenters. The third kappa shape index (κ3) is 1.51. The molecule has 1 aliphatic rings. The summed E-state index contributed by atoms with van der Waals surface area (Å²) in [6.45, 7) is 2.27. The zero-order chi connectivity index (χ0) is 12.8. The summed E-state index contributed by atoms with van der Waals surface area (Å²) in [6.07, 6.45) is 3.10. The molecule has 1 heterocycles. The summed E-state index contributed by atoms with van der Waals surface area (Å²) < 4.78 is 0. The molecule has 1 aliphatic heterocycles. The molecule has 0 radical (unpaired) electrons. The van der Waals surface area contributed by atoms with Gasteiger partial charge >= 0.3 is 0 Å². The minimum atomic E-state index is 0.573. The predicted molar refractivity (Wildman–Crippen MR) is 82.6 cm³/mol. The monoisotopic (exact) mass is 245 g/mol. The van der Waals surface area contributed by atoms with Crippen molar-refractivity contribution in [1.82, 2.24) is 0 Å². The predicted octanol–water partition coefficient (Wildman–Crippen LogP) is 5.20. The summed E-state index contributed by atoms with van der Waals surface area (Å²) in [6, 6.07) is 17.5. The van der Waals surface area contributed by atoms with Crippen molar-refractivity contribution < 1.29 is 0 Å². The normalized spacial score (nSPS) is 17.8. The van der Waals surface area contributed by atoms with Crippen LogP contribution < -0.4 is 0 Å². The van der Waals surface area contributed by atoms with Gasteiger partial charge in [0.1, 0.15) is 0 Å². The molecular formula is C18H15N. The van der Waals surface area contributed by atoms with Crippen molar-refractivity contribution in [3.63, 3.8) is 0 Å². The van der Waals surface area contributed by atoms with Gasteiger partial charge in [-0.3, -0.25) is 4.99 Å². The number of rotatable bonds is 0. The van der Waals surface area contributed by atoms with Gasteiger partial charge in [-0.15, -0.1) is 0 Å². The zero-order valence-electron chi connectivity index (χ0n) is 10.9. The summed E-state index contributed by atoms with van der Waals surface area (Å²) in [7, 11) is 0. The maximum Gasteiger partial charge on any atom is 0.0739 e. The average Bonchev–Trinajstić information content (AvgIpc) is 2.47. The van der Waals surface area contributed by atoms with Crippen molar-refractivity contribution in [1.29, 1.82) is 0 Å². The van der Waals surface area contributed by atoms with Crippen LogP contribution in [0.1, 0.15) is 24.8 Å². The second-order valence-corrected chi connectivity index (χ2v) is 5.33. The quantitative estimate of drug-likeness (QED) is 0.482. The van der Waals surface area contributed by atoms with Gasteiger partial charge in [0.25, 0.3) is 0 Å². The number of nitrogens with zero attached hydrogens (tertiary/aromatic N) is 1. The topological polar surface area (TPSA) is 12.4 Å². The summed E-state index contributed by atoms with van der Waals surface area (Å²) in [5.74, 6) is 0.573. The van der Waals surface area contributed by atoms with Crippen molar-refractivity contribution in [3.8, 4) is 0 Å². The summed E-state index contributed by atoms with van der Waals surface area (Å²) in [4.78, 5) is 4.65. The fourth-order valence-electron chi connectivity index (χ4n) is 3.06. The molecule has 0 amide bonds. The summed E-state index contributed by atoms with van der Waals surface area (Å²) in [5.41, 5.74) is 2.55. The van der Waals surface area contributed by atoms with E-state index in [-0.39, 0.29) is 0 Å². The van der Waals surface area contributed by atoms with E-state index in [1.165, 1.54) is 32.8 Å². The number of benzene rings is 3. The van der Waals surface area contributed by atoms with Crippen molar-refractivity contribution in [3.05, 3.63) is 54.1 Å². The highest BCUT2D eigenvalue weighted by molar-refractivity contribution is 6.12. The Hall–Kier alpha value is -2.15. The number of aliphatic imine (C=N–C) groups is 1. The van der Waals surface area contributed by atoms with E-state index < -0.39 is 0 Å². The first-order valence-electron chi connectivity index (χ1n) is 6.81. The highest BCUT2D eigenvalue weighted by Crippen LogP contribution is 2.40. The van der Waals surface area contributed by atoms with E-state index in [0.29, 0.717) is 5.92 Å². The Kier molecular flexibility index (Phi) is 2.22. The first-order valence-corrected chi connectivity index (χ1v) is 6.81. The smallest absolute Gasteiger partial charge is 0.0739 e. The number of fused-ring (bicyclic) bond motifs is 5. The van der Waals surface area contributed by atoms with Gasteiger partial charge in [0, 0.05) is 11.6 Å². The van der Waals surface area contributed by atoms with Gasteiger partial charge in [0.2, 0.25) is 0 Å². The molecule has 0 aliphatic carbocycles. The van der Waals surface area contributed by atoms with Crippen LogP contribution in [0.4, 0.5) is 5.69 Å². The molecule has 0 bridgehead atoms. The van der Waals surface area contributed by atoms with Crippen LogP contribution in [0, 0.1) is 0 Å². The fraction of sp³-hybridized carbons (Fsp3) is 0.167. The van der Waals surface area contributed by atoms with E-state index in [2.05, 4.69) is 66.7 Å². The van der Waals surface area contributed by atoms with Gasteiger partial charge in [-0.2, -0.15) is 0 Å². The Labute approximate surface area is 112 Å². The molecule has 92 valence electrons. The van der Waals surface area contributed by atoms with E-state index in [1.54, 1.807) is 0 Å². The van der Waals surface area contributed by atoms with Crippen LogP contribution in [0.3, 0.4) is 0 Å². The third-order valence-corrected chi connectivity index (χ3v) is 4.14. The maximum atomic E-state index is 4.65. The Morgan fingerprint density at radius 1 is 0.895 bits per heavy atom. The third-order valence-electron chi connectivity index (χ3n) is 4.14. The standard InChI is InChI=1S/C18H15N/c1-12-10-11-19-18-14(12)8-9-16-15-5-3-2-4-13(15)6-7-17(16)18/h2-9,11-12H,10H2,1H3. The molecule has 1 atom stereocenters. The second kappa shape index (κ2) is 3.92. The first kappa shape index (κ1) is 10.7. The van der Waals surface area contributed by atoms with E-state index in [9.17, 15) is 0 Å². The van der Waals surface area contributed by atoms with Gasteiger partial charge in [-0.1, -0.05) is 55.5 Å². The van der Waals surface area contributed by atoms with Crippen LogP contribution in [0.15, 0.2) is 53.5 Å². The minimum Gasteiger partial charge on any atom is -0.260 e. The number of hydrogen-bond donors (Lipinski definition) is 0. The van der Waals surface area contributed by atoms with E-state index >= 15 is 0 Å². The van der Waals surface area contributed by atoms with E-state index in [1.807, 2.05) is 0 Å². The molecule has 0 N–H and O–H groups in total. The van der Waals surface area contributed by atoms with Crippen LogP contribution in [0.5, 0.6) is 0 Å². The highest BCUT2D eigenvalue weighted by atomic mass is 14.7. The molecule has 0 aromatic heterocycles. The molecule has 1 nitrogen and oxygen atoms in total. The van der Waals surface area contributed by atoms with Gasteiger partial charge in [0.15, 0.2) is 0 Å². The van der Waals surface area contributed by atoms with Crippen molar-refractivity contribution in [2.45, 2.75) is 19.3 Å². The molecule has 0 saturated carbocycles. The van der Waals surface area contributed by atoms with Crippen LogP contribution in [-0.2, 0) is 0 Å². The Bertz CT molecular complexity index is 814. The molecule has 0 saturated heterocycles. The fourth-order valence-corrected chi connectivity index (χ4v) is 3.06. The van der Waals surface area contributed by atoms with Crippen LogP contribution in [0.2, 0.25) is 0 Å². The van der Waals surface area contributed by atoms with Crippen LogP contribution >= 0.6 is 0 Å².